The molecule has 1 aliphatic rings. The van der Waals surface area contributed by atoms with Crippen molar-refractivity contribution in [3.63, 3.8) is 0 Å². The first-order chi connectivity index (χ1) is 8.06. The van der Waals surface area contributed by atoms with Crippen molar-refractivity contribution in [2.45, 2.75) is 32.3 Å². The van der Waals surface area contributed by atoms with E-state index in [1.165, 1.54) is 0 Å². The zero-order valence-electron chi connectivity index (χ0n) is 10.7. The number of aromatic nitrogens is 1. The molecule has 2 N–H and O–H groups in total. The third kappa shape index (κ3) is 2.42. The maximum atomic E-state index is 10.4. The van der Waals surface area contributed by atoms with E-state index in [9.17, 15) is 5.11 Å². The molecule has 94 valence electrons. The summed E-state index contributed by atoms with van der Waals surface area (Å²) >= 11 is 0. The van der Waals surface area contributed by atoms with E-state index in [4.69, 9.17) is 4.74 Å². The summed E-state index contributed by atoms with van der Waals surface area (Å²) in [5.41, 5.74) is 2.34. The van der Waals surface area contributed by atoms with E-state index in [1.807, 2.05) is 20.0 Å². The van der Waals surface area contributed by atoms with Crippen molar-refractivity contribution in [3.05, 3.63) is 23.0 Å². The highest BCUT2D eigenvalue weighted by Gasteiger charge is 2.32. The Bertz CT molecular complexity index is 412. The van der Waals surface area contributed by atoms with Crippen molar-refractivity contribution in [2.75, 3.05) is 20.2 Å². The van der Waals surface area contributed by atoms with Crippen LogP contribution in [-0.2, 0) is 6.42 Å². The smallest absolute Gasteiger partial charge is 0.128 e. The summed E-state index contributed by atoms with van der Waals surface area (Å²) in [6.07, 6.45) is 3.18. The van der Waals surface area contributed by atoms with Crippen LogP contribution in [0.25, 0.3) is 0 Å². The molecule has 1 aromatic heterocycles. The number of methoxy groups -OCH3 is 1. The zero-order chi connectivity index (χ0) is 12.5. The van der Waals surface area contributed by atoms with Gasteiger partial charge < -0.3 is 15.2 Å². The second-order valence-corrected chi connectivity index (χ2v) is 4.87. The van der Waals surface area contributed by atoms with Crippen molar-refractivity contribution < 1.29 is 9.84 Å². The standard InChI is InChI=1S/C13H20N2O2/c1-9-7-15-11(10(2)12(9)17-3)6-13(16)4-5-14-8-13/h7,14,16H,4-6,8H2,1-3H3. The number of ether oxygens (including phenoxy) is 1. The Morgan fingerprint density at radius 2 is 2.29 bits per heavy atom. The average molecular weight is 236 g/mol. The maximum absolute atomic E-state index is 10.4. The van der Waals surface area contributed by atoms with Crippen molar-refractivity contribution >= 4 is 0 Å². The van der Waals surface area contributed by atoms with Gasteiger partial charge in [-0.3, -0.25) is 4.98 Å². The van der Waals surface area contributed by atoms with E-state index in [0.29, 0.717) is 13.0 Å². The minimum Gasteiger partial charge on any atom is -0.496 e. The number of pyridine rings is 1. The molecule has 4 nitrogen and oxygen atoms in total. The van der Waals surface area contributed by atoms with Gasteiger partial charge in [0.15, 0.2) is 0 Å². The fraction of sp³-hybridized carbons (Fsp3) is 0.615. The average Bonchev–Trinajstić information content (AvgIpc) is 2.71. The molecule has 4 heteroatoms. The van der Waals surface area contributed by atoms with Crippen LogP contribution in [0.1, 0.15) is 23.2 Å². The van der Waals surface area contributed by atoms with Crippen LogP contribution in [0, 0.1) is 13.8 Å². The molecule has 0 spiro atoms. The molecule has 0 aromatic carbocycles. The van der Waals surface area contributed by atoms with E-state index in [1.54, 1.807) is 7.11 Å². The predicted molar refractivity (Wildman–Crippen MR) is 66.4 cm³/mol. The largest absolute Gasteiger partial charge is 0.496 e. The Morgan fingerprint density at radius 1 is 1.53 bits per heavy atom. The lowest BCUT2D eigenvalue weighted by Gasteiger charge is -2.22. The van der Waals surface area contributed by atoms with Gasteiger partial charge >= 0.3 is 0 Å². The number of aliphatic hydroxyl groups is 1. The van der Waals surface area contributed by atoms with Gasteiger partial charge in [-0.25, -0.2) is 0 Å². The molecule has 1 fully saturated rings. The van der Waals surface area contributed by atoms with E-state index in [0.717, 1.165) is 35.5 Å². The van der Waals surface area contributed by atoms with Crippen LogP contribution < -0.4 is 10.1 Å². The van der Waals surface area contributed by atoms with Gasteiger partial charge in [0.2, 0.25) is 0 Å². The van der Waals surface area contributed by atoms with Crippen LogP contribution in [-0.4, -0.2) is 35.9 Å². The highest BCUT2D eigenvalue weighted by Crippen LogP contribution is 2.28. The molecule has 0 bridgehead atoms. The van der Waals surface area contributed by atoms with Crippen LogP contribution in [0.3, 0.4) is 0 Å². The van der Waals surface area contributed by atoms with Gasteiger partial charge in [0.25, 0.3) is 0 Å². The molecular weight excluding hydrogens is 216 g/mol. The molecule has 0 amide bonds. The molecule has 2 heterocycles. The summed E-state index contributed by atoms with van der Waals surface area (Å²) < 4.78 is 5.38. The Hall–Kier alpha value is -1.13. The summed E-state index contributed by atoms with van der Waals surface area (Å²) in [6, 6.07) is 0. The number of hydrogen-bond donors (Lipinski definition) is 2. The normalized spacial score (nSPS) is 24.0. The van der Waals surface area contributed by atoms with Gasteiger partial charge in [0, 0.05) is 36.0 Å². The zero-order valence-corrected chi connectivity index (χ0v) is 10.7. The maximum Gasteiger partial charge on any atom is 0.128 e. The lowest BCUT2D eigenvalue weighted by atomic mass is 9.94. The van der Waals surface area contributed by atoms with E-state index in [-0.39, 0.29) is 0 Å². The fourth-order valence-electron chi connectivity index (χ4n) is 2.44. The summed E-state index contributed by atoms with van der Waals surface area (Å²) in [5.74, 6) is 0.879. The number of nitrogens with zero attached hydrogens (tertiary/aromatic N) is 1. The third-order valence-corrected chi connectivity index (χ3v) is 3.47. The van der Waals surface area contributed by atoms with E-state index >= 15 is 0 Å². The van der Waals surface area contributed by atoms with Gasteiger partial charge in [-0.1, -0.05) is 0 Å². The van der Waals surface area contributed by atoms with E-state index < -0.39 is 5.60 Å². The number of aryl methyl sites for hydroxylation is 1. The Labute approximate surface area is 102 Å². The second-order valence-electron chi connectivity index (χ2n) is 4.87. The molecule has 0 aliphatic carbocycles. The van der Waals surface area contributed by atoms with Gasteiger partial charge in [-0.15, -0.1) is 0 Å². The Balaban J connectivity index is 2.27. The van der Waals surface area contributed by atoms with Crippen molar-refractivity contribution in [2.24, 2.45) is 0 Å². The Morgan fingerprint density at radius 3 is 2.88 bits per heavy atom. The predicted octanol–water partition coefficient (Wildman–Crippen LogP) is 0.974. The molecule has 1 unspecified atom stereocenters. The highest BCUT2D eigenvalue weighted by atomic mass is 16.5. The van der Waals surface area contributed by atoms with Gasteiger partial charge in [-0.05, 0) is 26.8 Å². The summed E-state index contributed by atoms with van der Waals surface area (Å²) in [6.45, 7) is 5.50. The SMILES string of the molecule is COc1c(C)cnc(CC2(O)CCNC2)c1C. The van der Waals surface area contributed by atoms with Crippen molar-refractivity contribution in [1.29, 1.82) is 0 Å². The topological polar surface area (TPSA) is 54.4 Å². The van der Waals surface area contributed by atoms with Crippen LogP contribution >= 0.6 is 0 Å². The first kappa shape index (κ1) is 12.3. The third-order valence-electron chi connectivity index (χ3n) is 3.47. The highest BCUT2D eigenvalue weighted by molar-refractivity contribution is 5.41. The number of hydrogen-bond acceptors (Lipinski definition) is 4. The van der Waals surface area contributed by atoms with Crippen LogP contribution in [0.15, 0.2) is 6.20 Å². The number of nitrogens with one attached hydrogen (secondary N) is 1. The molecule has 2 rings (SSSR count). The lowest BCUT2D eigenvalue weighted by molar-refractivity contribution is 0.0606. The monoisotopic (exact) mass is 236 g/mol. The molecular formula is C13H20N2O2. The van der Waals surface area contributed by atoms with Crippen LogP contribution in [0.2, 0.25) is 0 Å². The number of rotatable bonds is 3. The van der Waals surface area contributed by atoms with Crippen molar-refractivity contribution in [3.8, 4) is 5.75 Å². The molecule has 1 atom stereocenters. The van der Waals surface area contributed by atoms with E-state index in [2.05, 4.69) is 10.3 Å². The first-order valence-electron chi connectivity index (χ1n) is 5.98. The summed E-state index contributed by atoms with van der Waals surface area (Å²) in [5, 5.41) is 13.5. The van der Waals surface area contributed by atoms with Crippen molar-refractivity contribution in [1.82, 2.24) is 10.3 Å². The van der Waals surface area contributed by atoms with Crippen LogP contribution in [0.4, 0.5) is 0 Å². The Kier molecular flexibility index (Phi) is 3.35. The summed E-state index contributed by atoms with van der Waals surface area (Å²) in [7, 11) is 1.67. The second kappa shape index (κ2) is 4.63. The molecule has 1 saturated heterocycles. The molecule has 17 heavy (non-hydrogen) atoms. The minimum absolute atomic E-state index is 0.586. The summed E-state index contributed by atoms with van der Waals surface area (Å²) in [4.78, 5) is 4.43. The molecule has 1 aromatic rings. The lowest BCUT2D eigenvalue weighted by Crippen LogP contribution is -2.34. The van der Waals surface area contributed by atoms with Gasteiger partial charge in [-0.2, -0.15) is 0 Å². The van der Waals surface area contributed by atoms with Gasteiger partial charge in [0.05, 0.1) is 12.7 Å². The quantitative estimate of drug-likeness (QED) is 0.821. The molecule has 0 radical (unpaired) electrons. The van der Waals surface area contributed by atoms with Crippen LogP contribution in [0.5, 0.6) is 5.75 Å². The van der Waals surface area contributed by atoms with Gasteiger partial charge in [0.1, 0.15) is 5.75 Å². The molecule has 0 saturated carbocycles. The minimum atomic E-state index is -0.655. The molecule has 1 aliphatic heterocycles. The number of β-amino-alcohol motifs (C(OH)–C–C–N with tert-alkyl or cyclic N) is 1. The fourth-order valence-corrected chi connectivity index (χ4v) is 2.44. The first-order valence-corrected chi connectivity index (χ1v) is 5.98.